The number of amides is 3. The fourth-order valence-corrected chi connectivity index (χ4v) is 4.09. The van der Waals surface area contributed by atoms with Gasteiger partial charge in [-0.05, 0) is 42.8 Å². The number of halogens is 1. The normalized spacial score (nSPS) is 20.1. The molecule has 2 aliphatic heterocycles. The van der Waals surface area contributed by atoms with Crippen molar-refractivity contribution in [3.05, 3.63) is 59.4 Å². The van der Waals surface area contributed by atoms with Crippen LogP contribution in [0.25, 0.3) is 0 Å². The van der Waals surface area contributed by atoms with Crippen LogP contribution in [-0.2, 0) is 19.1 Å². The summed E-state index contributed by atoms with van der Waals surface area (Å²) in [5, 5.41) is 13.2. The van der Waals surface area contributed by atoms with Crippen molar-refractivity contribution in [3.8, 4) is 0 Å². The van der Waals surface area contributed by atoms with E-state index in [1.165, 1.54) is 21.9 Å². The number of nitrogens with zero attached hydrogens (tertiary/aromatic N) is 2. The van der Waals surface area contributed by atoms with Gasteiger partial charge in [-0.2, -0.15) is 0 Å². The van der Waals surface area contributed by atoms with Crippen LogP contribution < -0.4 is 16.0 Å². The zero-order valence-electron chi connectivity index (χ0n) is 19.9. The number of hydrogen-bond donors (Lipinski definition) is 3. The number of aliphatic hydroxyl groups is 1. The van der Waals surface area contributed by atoms with E-state index in [0.717, 1.165) is 11.6 Å². The van der Waals surface area contributed by atoms with Crippen LogP contribution in [0, 0.1) is 5.82 Å². The second-order valence-electron chi connectivity index (χ2n) is 8.69. The first-order chi connectivity index (χ1) is 17.3. The Kier molecular flexibility index (Phi) is 7.94. The van der Waals surface area contributed by atoms with E-state index in [9.17, 15) is 23.9 Å². The number of aliphatic hydroxyl groups excluding tert-OH is 1. The number of anilines is 2. The Morgan fingerprint density at radius 2 is 1.81 bits per heavy atom. The fourth-order valence-electron chi connectivity index (χ4n) is 4.09. The van der Waals surface area contributed by atoms with Crippen molar-refractivity contribution in [2.24, 2.45) is 5.73 Å². The molecule has 2 heterocycles. The molecule has 0 aliphatic carbocycles. The molecule has 0 spiro atoms. The quantitative estimate of drug-likeness (QED) is 0.540. The molecular formula is C25H29FN4O6. The summed E-state index contributed by atoms with van der Waals surface area (Å²) in [7, 11) is 0. The van der Waals surface area contributed by atoms with Gasteiger partial charge < -0.3 is 35.4 Å². The van der Waals surface area contributed by atoms with Crippen LogP contribution in [0.5, 0.6) is 0 Å². The Balaban J connectivity index is 1.47. The number of carbonyl (C=O) groups excluding carboxylic acids is 3. The van der Waals surface area contributed by atoms with E-state index in [1.54, 1.807) is 24.3 Å². The third kappa shape index (κ3) is 5.54. The van der Waals surface area contributed by atoms with Crippen LogP contribution in [-0.4, -0.2) is 79.4 Å². The number of ether oxygens (including phenoxy) is 2. The first kappa shape index (κ1) is 25.7. The first-order valence-electron chi connectivity index (χ1n) is 11.7. The molecule has 10 nitrogen and oxygen atoms in total. The lowest BCUT2D eigenvalue weighted by atomic mass is 10.1. The molecule has 2 aliphatic rings. The number of morpholine rings is 2. The summed E-state index contributed by atoms with van der Waals surface area (Å²) in [6, 6.07) is 10.4. The smallest absolute Gasteiger partial charge is 0.259 e. The molecule has 4 N–H and O–H groups in total. The fraction of sp³-hybridized carbons (Fsp3) is 0.400. The molecule has 2 aromatic carbocycles. The maximum atomic E-state index is 14.5. The summed E-state index contributed by atoms with van der Waals surface area (Å²) in [4.78, 5) is 41.4. The molecular weight excluding hydrogens is 471 g/mol. The molecule has 4 rings (SSSR count). The van der Waals surface area contributed by atoms with Crippen molar-refractivity contribution in [1.29, 1.82) is 0 Å². The summed E-state index contributed by atoms with van der Waals surface area (Å²) in [6.07, 6.45) is -3.26. The van der Waals surface area contributed by atoms with Crippen LogP contribution in [0.15, 0.2) is 42.5 Å². The molecule has 3 amide bonds. The molecule has 0 saturated carbocycles. The molecule has 0 radical (unpaired) electrons. The maximum absolute atomic E-state index is 14.5. The number of carbonyl (C=O) groups is 3. The highest BCUT2D eigenvalue weighted by atomic mass is 19.1. The topological polar surface area (TPSA) is 134 Å². The molecule has 3 unspecified atom stereocenters. The highest BCUT2D eigenvalue weighted by Gasteiger charge is 2.39. The molecule has 0 bridgehead atoms. The van der Waals surface area contributed by atoms with E-state index in [0.29, 0.717) is 32.0 Å². The molecule has 2 saturated heterocycles. The van der Waals surface area contributed by atoms with E-state index >= 15 is 0 Å². The summed E-state index contributed by atoms with van der Waals surface area (Å²) >= 11 is 0. The summed E-state index contributed by atoms with van der Waals surface area (Å²) in [5.41, 5.74) is 7.23. The first-order valence-corrected chi connectivity index (χ1v) is 11.7. The van der Waals surface area contributed by atoms with Gasteiger partial charge in [0.2, 0.25) is 0 Å². The Morgan fingerprint density at radius 1 is 1.11 bits per heavy atom. The maximum Gasteiger partial charge on any atom is 0.259 e. The van der Waals surface area contributed by atoms with Crippen LogP contribution in [0.1, 0.15) is 28.9 Å². The molecule has 3 atom stereocenters. The van der Waals surface area contributed by atoms with E-state index in [2.05, 4.69) is 5.32 Å². The van der Waals surface area contributed by atoms with Gasteiger partial charge in [0.25, 0.3) is 17.7 Å². The lowest BCUT2D eigenvalue weighted by Crippen LogP contribution is -2.55. The molecule has 36 heavy (non-hydrogen) atoms. The van der Waals surface area contributed by atoms with Gasteiger partial charge in [0.05, 0.1) is 25.4 Å². The molecule has 0 aromatic heterocycles. The van der Waals surface area contributed by atoms with Crippen LogP contribution in [0.4, 0.5) is 15.8 Å². The van der Waals surface area contributed by atoms with E-state index in [4.69, 9.17) is 15.2 Å². The van der Waals surface area contributed by atoms with Crippen molar-refractivity contribution in [2.75, 3.05) is 49.7 Å². The third-order valence-electron chi connectivity index (χ3n) is 6.17. The van der Waals surface area contributed by atoms with Gasteiger partial charge >= 0.3 is 0 Å². The molecule has 2 aromatic rings. The van der Waals surface area contributed by atoms with Crippen LogP contribution >= 0.6 is 0 Å². The molecule has 2 fully saturated rings. The Morgan fingerprint density at radius 3 is 2.47 bits per heavy atom. The lowest BCUT2D eigenvalue weighted by Gasteiger charge is -2.34. The van der Waals surface area contributed by atoms with Gasteiger partial charge in [-0.3, -0.25) is 14.4 Å². The van der Waals surface area contributed by atoms with Crippen molar-refractivity contribution in [3.63, 3.8) is 0 Å². The van der Waals surface area contributed by atoms with Crippen LogP contribution in [0.3, 0.4) is 0 Å². The monoisotopic (exact) mass is 500 g/mol. The zero-order chi connectivity index (χ0) is 25.8. The standard InChI is InChI=1S/C25H29FN4O6/c1-15(27)16-2-4-17(5-3-16)28-23(32)21(31)22-25(34)30(10-13-36-22)18-6-7-20(26)19(14-18)24(33)29-8-11-35-12-9-29/h2-7,14-15,21-22,31H,8-13,27H2,1H3,(H,28,32). The zero-order valence-corrected chi connectivity index (χ0v) is 19.9. The second kappa shape index (κ2) is 11.1. The highest BCUT2D eigenvalue weighted by Crippen LogP contribution is 2.25. The minimum Gasteiger partial charge on any atom is -0.380 e. The van der Waals surface area contributed by atoms with Gasteiger partial charge in [0, 0.05) is 37.1 Å². The van der Waals surface area contributed by atoms with Crippen LogP contribution in [0.2, 0.25) is 0 Å². The molecule has 11 heteroatoms. The largest absolute Gasteiger partial charge is 0.380 e. The van der Waals surface area contributed by atoms with E-state index in [-0.39, 0.29) is 30.4 Å². The molecule has 192 valence electrons. The average molecular weight is 501 g/mol. The van der Waals surface area contributed by atoms with Crippen molar-refractivity contribution in [2.45, 2.75) is 25.2 Å². The second-order valence-corrected chi connectivity index (χ2v) is 8.69. The van der Waals surface area contributed by atoms with E-state index < -0.39 is 35.7 Å². The number of nitrogens with one attached hydrogen (secondary N) is 1. The van der Waals surface area contributed by atoms with Gasteiger partial charge in [-0.25, -0.2) is 4.39 Å². The van der Waals surface area contributed by atoms with Crippen molar-refractivity contribution < 1.29 is 33.4 Å². The summed E-state index contributed by atoms with van der Waals surface area (Å²) < 4.78 is 25.2. The van der Waals surface area contributed by atoms with Gasteiger partial charge in [-0.15, -0.1) is 0 Å². The number of benzene rings is 2. The minimum absolute atomic E-state index is 0.0357. The Bertz CT molecular complexity index is 1120. The van der Waals surface area contributed by atoms with E-state index in [1.807, 2.05) is 6.92 Å². The van der Waals surface area contributed by atoms with Crippen molar-refractivity contribution >= 4 is 29.1 Å². The number of rotatable bonds is 6. The van der Waals surface area contributed by atoms with Gasteiger partial charge in [-0.1, -0.05) is 12.1 Å². The number of nitrogens with two attached hydrogens (primary N) is 1. The Hall–Kier alpha value is -3.38. The lowest BCUT2D eigenvalue weighted by molar-refractivity contribution is -0.150. The van der Waals surface area contributed by atoms with Gasteiger partial charge in [0.15, 0.2) is 12.2 Å². The predicted molar refractivity (Wildman–Crippen MR) is 129 cm³/mol. The summed E-state index contributed by atoms with van der Waals surface area (Å²) in [6.45, 7) is 3.40. The number of hydrogen-bond acceptors (Lipinski definition) is 7. The van der Waals surface area contributed by atoms with Crippen molar-refractivity contribution in [1.82, 2.24) is 4.90 Å². The average Bonchev–Trinajstić information content (AvgIpc) is 2.89. The highest BCUT2D eigenvalue weighted by molar-refractivity contribution is 6.04. The minimum atomic E-state index is -1.79. The predicted octanol–water partition coefficient (Wildman–Crippen LogP) is 1.05. The van der Waals surface area contributed by atoms with Gasteiger partial charge in [0.1, 0.15) is 5.82 Å². The third-order valence-corrected chi connectivity index (χ3v) is 6.17. The Labute approximate surface area is 207 Å². The SMILES string of the molecule is CC(N)c1ccc(NC(=O)C(O)C2OCCN(c3ccc(F)c(C(=O)N4CCOCC4)c3)C2=O)cc1. The summed E-state index contributed by atoms with van der Waals surface area (Å²) in [5.74, 6) is -2.69.